The number of nitrogens with two attached hydrogens (primary N) is 1. The van der Waals surface area contributed by atoms with Crippen LogP contribution in [0, 0.1) is 5.82 Å². The first kappa shape index (κ1) is 25.4. The van der Waals surface area contributed by atoms with Crippen LogP contribution in [0.4, 0.5) is 29.1 Å². The van der Waals surface area contributed by atoms with Crippen molar-refractivity contribution in [3.63, 3.8) is 0 Å². The standard InChI is InChI=1S/C25H23F4N7O2/c1-38-19-10-13(2-5-18(19)34-24(37)16-11-14(25(27,28)29)3-4-17(16)26)21-20-22(30)32-12-33-23(20)36(35-21)15-6-8-31-9-7-15/h2-5,10-12,15,31H,6-9H2,1H3,(H,34,37)(H2,30,32,33). The first-order valence-corrected chi connectivity index (χ1v) is 11.7. The number of carbonyl (C=O) groups excluding carboxylic acids is 1. The summed E-state index contributed by atoms with van der Waals surface area (Å²) in [5.74, 6) is -1.71. The van der Waals surface area contributed by atoms with E-state index in [0.717, 1.165) is 25.9 Å². The molecule has 4 N–H and O–H groups in total. The molecule has 38 heavy (non-hydrogen) atoms. The molecule has 0 atom stereocenters. The van der Waals surface area contributed by atoms with Gasteiger partial charge >= 0.3 is 6.18 Å². The Morgan fingerprint density at radius 2 is 1.92 bits per heavy atom. The lowest BCUT2D eigenvalue weighted by Crippen LogP contribution is -2.30. The van der Waals surface area contributed by atoms with Crippen LogP contribution in [-0.2, 0) is 6.18 Å². The van der Waals surface area contributed by atoms with E-state index < -0.39 is 29.0 Å². The molecule has 1 amide bonds. The van der Waals surface area contributed by atoms with Gasteiger partial charge in [-0.2, -0.15) is 18.3 Å². The second-order valence-electron chi connectivity index (χ2n) is 8.79. The number of methoxy groups -OCH3 is 1. The fourth-order valence-electron chi connectivity index (χ4n) is 4.51. The number of anilines is 2. The Bertz CT molecular complexity index is 1510. The molecule has 0 radical (unpaired) electrons. The van der Waals surface area contributed by atoms with Gasteiger partial charge < -0.3 is 21.1 Å². The molecule has 1 saturated heterocycles. The summed E-state index contributed by atoms with van der Waals surface area (Å²) in [5, 5.41) is 11.1. The number of amides is 1. The minimum atomic E-state index is -4.73. The van der Waals surface area contributed by atoms with Gasteiger partial charge in [-0.1, -0.05) is 6.07 Å². The van der Waals surface area contributed by atoms with Crippen molar-refractivity contribution >= 4 is 28.4 Å². The number of halogens is 4. The van der Waals surface area contributed by atoms with Crippen LogP contribution in [0.3, 0.4) is 0 Å². The highest BCUT2D eigenvalue weighted by Crippen LogP contribution is 2.37. The molecule has 13 heteroatoms. The highest BCUT2D eigenvalue weighted by atomic mass is 19.4. The largest absolute Gasteiger partial charge is 0.495 e. The van der Waals surface area contributed by atoms with E-state index in [-0.39, 0.29) is 23.3 Å². The molecule has 1 aliphatic rings. The van der Waals surface area contributed by atoms with Crippen molar-refractivity contribution in [3.8, 4) is 17.0 Å². The van der Waals surface area contributed by atoms with Crippen LogP contribution in [0.5, 0.6) is 5.75 Å². The maximum absolute atomic E-state index is 14.2. The molecule has 0 bridgehead atoms. The molecule has 9 nitrogen and oxygen atoms in total. The second kappa shape index (κ2) is 9.89. The summed E-state index contributed by atoms with van der Waals surface area (Å²) < 4.78 is 60.7. The third kappa shape index (κ3) is 4.72. The highest BCUT2D eigenvalue weighted by Gasteiger charge is 2.32. The summed E-state index contributed by atoms with van der Waals surface area (Å²) in [5.41, 5.74) is 6.14. The number of nitrogen functional groups attached to an aromatic ring is 1. The van der Waals surface area contributed by atoms with Crippen molar-refractivity contribution in [2.75, 3.05) is 31.2 Å². The van der Waals surface area contributed by atoms with Gasteiger partial charge in [0.05, 0.1) is 35.4 Å². The average Bonchev–Trinajstić information content (AvgIpc) is 3.30. The summed E-state index contributed by atoms with van der Waals surface area (Å²) in [6.07, 6.45) is -1.62. The summed E-state index contributed by atoms with van der Waals surface area (Å²) in [7, 11) is 1.36. The lowest BCUT2D eigenvalue weighted by atomic mass is 10.1. The number of aromatic nitrogens is 4. The summed E-state index contributed by atoms with van der Waals surface area (Å²) in [6, 6.07) is 6.49. The van der Waals surface area contributed by atoms with Crippen LogP contribution in [0.1, 0.15) is 34.8 Å². The number of alkyl halides is 3. The molecule has 2 aromatic carbocycles. The number of rotatable bonds is 5. The van der Waals surface area contributed by atoms with Gasteiger partial charge in [0.2, 0.25) is 0 Å². The van der Waals surface area contributed by atoms with Gasteiger partial charge in [-0.05, 0) is 56.3 Å². The molecule has 0 aliphatic carbocycles. The summed E-state index contributed by atoms with van der Waals surface area (Å²) >= 11 is 0. The fourth-order valence-corrected chi connectivity index (χ4v) is 4.51. The number of hydrogen-bond acceptors (Lipinski definition) is 7. The molecule has 1 fully saturated rings. The lowest BCUT2D eigenvalue weighted by Gasteiger charge is -2.23. The molecule has 4 aromatic rings. The SMILES string of the molecule is COc1cc(-c2nn(C3CCNCC3)c3ncnc(N)c23)ccc1NC(=O)c1cc(C(F)(F)F)ccc1F. The fraction of sp³-hybridized carbons (Fsp3) is 0.280. The number of benzene rings is 2. The molecular formula is C25H23F4N7O2. The second-order valence-corrected chi connectivity index (χ2v) is 8.79. The number of fused-ring (bicyclic) bond motifs is 1. The van der Waals surface area contributed by atoms with Crippen molar-refractivity contribution < 1.29 is 27.1 Å². The predicted octanol–water partition coefficient (Wildman–Crippen LogP) is 4.42. The van der Waals surface area contributed by atoms with Crippen LogP contribution >= 0.6 is 0 Å². The van der Waals surface area contributed by atoms with E-state index in [4.69, 9.17) is 15.6 Å². The van der Waals surface area contributed by atoms with Gasteiger partial charge in [0.15, 0.2) is 5.65 Å². The van der Waals surface area contributed by atoms with E-state index in [1.54, 1.807) is 12.1 Å². The molecule has 5 rings (SSSR count). The summed E-state index contributed by atoms with van der Waals surface area (Å²) in [6.45, 7) is 1.69. The Morgan fingerprint density at radius 3 is 2.63 bits per heavy atom. The lowest BCUT2D eigenvalue weighted by molar-refractivity contribution is -0.137. The third-order valence-electron chi connectivity index (χ3n) is 6.43. The number of carbonyl (C=O) groups is 1. The Hall–Kier alpha value is -4.26. The monoisotopic (exact) mass is 529 g/mol. The van der Waals surface area contributed by atoms with Crippen LogP contribution in [-0.4, -0.2) is 45.9 Å². The zero-order chi connectivity index (χ0) is 27.0. The predicted molar refractivity (Wildman–Crippen MR) is 132 cm³/mol. The zero-order valence-corrected chi connectivity index (χ0v) is 20.1. The minimum absolute atomic E-state index is 0.115. The average molecular weight is 529 g/mol. The van der Waals surface area contributed by atoms with E-state index >= 15 is 0 Å². The van der Waals surface area contributed by atoms with Gasteiger partial charge in [0.1, 0.15) is 29.4 Å². The van der Waals surface area contributed by atoms with Crippen molar-refractivity contribution in [1.29, 1.82) is 0 Å². The molecule has 2 aromatic heterocycles. The number of hydrogen-bond donors (Lipinski definition) is 3. The third-order valence-corrected chi connectivity index (χ3v) is 6.43. The van der Waals surface area contributed by atoms with Gasteiger partial charge in [0, 0.05) is 5.56 Å². The number of ether oxygens (including phenoxy) is 1. The van der Waals surface area contributed by atoms with E-state index in [2.05, 4.69) is 20.6 Å². The van der Waals surface area contributed by atoms with E-state index in [1.165, 1.54) is 19.5 Å². The number of nitrogens with zero attached hydrogens (tertiary/aromatic N) is 4. The molecule has 0 spiro atoms. The Kier molecular flexibility index (Phi) is 6.61. The first-order chi connectivity index (χ1) is 18.2. The molecular weight excluding hydrogens is 506 g/mol. The van der Waals surface area contributed by atoms with Crippen LogP contribution in [0.15, 0.2) is 42.7 Å². The minimum Gasteiger partial charge on any atom is -0.495 e. The van der Waals surface area contributed by atoms with Crippen molar-refractivity contribution in [2.24, 2.45) is 0 Å². The van der Waals surface area contributed by atoms with Crippen LogP contribution < -0.4 is 21.1 Å². The van der Waals surface area contributed by atoms with Gasteiger partial charge in [-0.15, -0.1) is 0 Å². The number of piperidine rings is 1. The van der Waals surface area contributed by atoms with Crippen molar-refractivity contribution in [3.05, 3.63) is 59.7 Å². The van der Waals surface area contributed by atoms with Gasteiger partial charge in [-0.25, -0.2) is 19.0 Å². The quantitative estimate of drug-likeness (QED) is 0.328. The van der Waals surface area contributed by atoms with Gasteiger partial charge in [-0.3, -0.25) is 4.79 Å². The van der Waals surface area contributed by atoms with E-state index in [0.29, 0.717) is 40.5 Å². The molecule has 3 heterocycles. The Morgan fingerprint density at radius 1 is 1.16 bits per heavy atom. The Balaban J connectivity index is 1.51. The smallest absolute Gasteiger partial charge is 0.416 e. The molecule has 1 aliphatic heterocycles. The van der Waals surface area contributed by atoms with Crippen LogP contribution in [0.2, 0.25) is 0 Å². The molecule has 198 valence electrons. The van der Waals surface area contributed by atoms with Gasteiger partial charge in [0.25, 0.3) is 5.91 Å². The highest BCUT2D eigenvalue weighted by molar-refractivity contribution is 6.06. The topological polar surface area (TPSA) is 120 Å². The molecule has 0 unspecified atom stereocenters. The maximum Gasteiger partial charge on any atom is 0.416 e. The Labute approximate surface area is 214 Å². The van der Waals surface area contributed by atoms with E-state index in [9.17, 15) is 22.4 Å². The number of nitrogens with one attached hydrogen (secondary N) is 2. The summed E-state index contributed by atoms with van der Waals surface area (Å²) in [4.78, 5) is 21.2. The van der Waals surface area contributed by atoms with Crippen LogP contribution in [0.25, 0.3) is 22.3 Å². The van der Waals surface area contributed by atoms with Crippen molar-refractivity contribution in [1.82, 2.24) is 25.1 Å². The normalized spacial score (nSPS) is 14.6. The van der Waals surface area contributed by atoms with E-state index in [1.807, 2.05) is 4.68 Å². The zero-order valence-electron chi connectivity index (χ0n) is 20.1. The first-order valence-electron chi connectivity index (χ1n) is 11.7. The maximum atomic E-state index is 14.2. The molecule has 0 saturated carbocycles. The van der Waals surface area contributed by atoms with Crippen molar-refractivity contribution in [2.45, 2.75) is 25.1 Å².